The van der Waals surface area contributed by atoms with E-state index in [-0.39, 0.29) is 6.04 Å². The first-order valence-electron chi connectivity index (χ1n) is 4.84. The van der Waals surface area contributed by atoms with Gasteiger partial charge in [-0.05, 0) is 6.07 Å². The van der Waals surface area contributed by atoms with Crippen molar-refractivity contribution in [3.63, 3.8) is 0 Å². The van der Waals surface area contributed by atoms with Crippen LogP contribution in [0.1, 0.15) is 16.5 Å². The fourth-order valence-electron chi connectivity index (χ4n) is 1.60. The summed E-state index contributed by atoms with van der Waals surface area (Å²) in [5.41, 5.74) is 5.58. The lowest BCUT2D eigenvalue weighted by Gasteiger charge is -2.17. The summed E-state index contributed by atoms with van der Waals surface area (Å²) in [6.45, 7) is 0. The Morgan fingerprint density at radius 2 is 2.25 bits per heavy atom. The highest BCUT2D eigenvalue weighted by Crippen LogP contribution is 2.30. The van der Waals surface area contributed by atoms with Gasteiger partial charge >= 0.3 is 0 Å². The normalized spacial score (nSPS) is 12.4. The van der Waals surface area contributed by atoms with E-state index in [1.165, 1.54) is 0 Å². The fraction of sp³-hybridized carbons (Fsp3) is 0.182. The summed E-state index contributed by atoms with van der Waals surface area (Å²) in [5, 5.41) is 0. The first-order chi connectivity index (χ1) is 7.86. The number of nitrogens with one attached hydrogen (secondary N) is 1. The molecule has 2 aromatic rings. The number of nitrogens with two attached hydrogens (primary N) is 1. The van der Waals surface area contributed by atoms with Crippen molar-refractivity contribution in [3.05, 3.63) is 46.4 Å². The number of aromatic nitrogens is 1. The van der Waals surface area contributed by atoms with E-state index in [0.717, 1.165) is 16.2 Å². The third kappa shape index (κ3) is 2.06. The van der Waals surface area contributed by atoms with E-state index in [2.05, 4.69) is 10.4 Å². The number of para-hydroxylation sites is 1. The maximum atomic E-state index is 5.59. The summed E-state index contributed by atoms with van der Waals surface area (Å²) < 4.78 is 5.31. The molecule has 0 fully saturated rings. The van der Waals surface area contributed by atoms with E-state index in [4.69, 9.17) is 10.6 Å². The minimum atomic E-state index is -0.0800. The first kappa shape index (κ1) is 11.1. The Hall–Kier alpha value is -1.43. The standard InChI is InChI=1S/C11H13N3OS/c1-15-9-5-3-2-4-8(9)11(14-12)10-6-13-7-16-10/h2-7,11,14H,12H2,1H3. The zero-order chi connectivity index (χ0) is 11.4. The van der Waals surface area contributed by atoms with Gasteiger partial charge in [-0.15, -0.1) is 11.3 Å². The molecular weight excluding hydrogens is 222 g/mol. The molecule has 1 aromatic carbocycles. The number of thiazole rings is 1. The Bertz CT molecular complexity index is 444. The number of hydrogen-bond donors (Lipinski definition) is 2. The van der Waals surface area contributed by atoms with E-state index in [1.807, 2.05) is 30.5 Å². The predicted molar refractivity (Wildman–Crippen MR) is 64.3 cm³/mol. The summed E-state index contributed by atoms with van der Waals surface area (Å²) in [5.74, 6) is 6.41. The summed E-state index contributed by atoms with van der Waals surface area (Å²) in [7, 11) is 1.65. The third-order valence-electron chi connectivity index (χ3n) is 2.35. The molecule has 3 N–H and O–H groups in total. The second-order valence-electron chi connectivity index (χ2n) is 3.25. The molecule has 2 rings (SSSR count). The van der Waals surface area contributed by atoms with Gasteiger partial charge in [-0.3, -0.25) is 10.8 Å². The molecule has 1 unspecified atom stereocenters. The second-order valence-corrected chi connectivity index (χ2v) is 4.16. The highest BCUT2D eigenvalue weighted by molar-refractivity contribution is 7.09. The Balaban J connectivity index is 2.41. The van der Waals surface area contributed by atoms with Gasteiger partial charge < -0.3 is 4.74 Å². The van der Waals surface area contributed by atoms with Crippen molar-refractivity contribution in [3.8, 4) is 5.75 Å². The van der Waals surface area contributed by atoms with Crippen LogP contribution >= 0.6 is 11.3 Å². The highest BCUT2D eigenvalue weighted by atomic mass is 32.1. The number of benzene rings is 1. The molecule has 16 heavy (non-hydrogen) atoms. The van der Waals surface area contributed by atoms with Crippen LogP contribution in [0.25, 0.3) is 0 Å². The van der Waals surface area contributed by atoms with Crippen LogP contribution in [0, 0.1) is 0 Å². The molecule has 0 saturated carbocycles. The number of nitrogens with zero attached hydrogens (tertiary/aromatic N) is 1. The van der Waals surface area contributed by atoms with Crippen molar-refractivity contribution in [1.29, 1.82) is 0 Å². The second kappa shape index (κ2) is 5.07. The molecule has 5 heteroatoms. The SMILES string of the molecule is COc1ccccc1C(NN)c1cncs1. The number of hydrogen-bond acceptors (Lipinski definition) is 5. The van der Waals surface area contributed by atoms with Crippen molar-refractivity contribution < 1.29 is 4.74 Å². The van der Waals surface area contributed by atoms with Gasteiger partial charge in [0.25, 0.3) is 0 Å². The zero-order valence-corrected chi connectivity index (χ0v) is 9.70. The number of ether oxygens (including phenoxy) is 1. The topological polar surface area (TPSA) is 60.2 Å². The Kier molecular flexibility index (Phi) is 3.51. The number of hydrazine groups is 1. The van der Waals surface area contributed by atoms with Gasteiger partial charge in [-0.1, -0.05) is 18.2 Å². The summed E-state index contributed by atoms with van der Waals surface area (Å²) in [4.78, 5) is 5.12. The van der Waals surface area contributed by atoms with Crippen LogP contribution in [0.5, 0.6) is 5.75 Å². The number of methoxy groups -OCH3 is 1. The maximum Gasteiger partial charge on any atom is 0.124 e. The lowest BCUT2D eigenvalue weighted by atomic mass is 10.1. The largest absolute Gasteiger partial charge is 0.496 e. The van der Waals surface area contributed by atoms with Crippen LogP contribution in [0.4, 0.5) is 0 Å². The summed E-state index contributed by atoms with van der Waals surface area (Å²) in [6, 6.07) is 7.72. The van der Waals surface area contributed by atoms with Gasteiger partial charge in [0.1, 0.15) is 5.75 Å². The molecule has 0 bridgehead atoms. The van der Waals surface area contributed by atoms with Crippen molar-refractivity contribution in [1.82, 2.24) is 10.4 Å². The van der Waals surface area contributed by atoms with Crippen LogP contribution in [0.2, 0.25) is 0 Å². The van der Waals surface area contributed by atoms with Crippen molar-refractivity contribution in [2.24, 2.45) is 5.84 Å². The Morgan fingerprint density at radius 3 is 2.88 bits per heavy atom. The van der Waals surface area contributed by atoms with E-state index < -0.39 is 0 Å². The molecule has 1 atom stereocenters. The zero-order valence-electron chi connectivity index (χ0n) is 8.88. The smallest absolute Gasteiger partial charge is 0.124 e. The van der Waals surface area contributed by atoms with Crippen LogP contribution in [0.3, 0.4) is 0 Å². The molecule has 0 spiro atoms. The van der Waals surface area contributed by atoms with Gasteiger partial charge in [0.2, 0.25) is 0 Å². The molecule has 0 amide bonds. The van der Waals surface area contributed by atoms with Gasteiger partial charge in [-0.25, -0.2) is 5.43 Å². The Morgan fingerprint density at radius 1 is 1.44 bits per heavy atom. The molecule has 0 aliphatic heterocycles. The molecule has 1 aromatic heterocycles. The molecule has 0 saturated heterocycles. The van der Waals surface area contributed by atoms with Crippen LogP contribution in [-0.2, 0) is 0 Å². The van der Waals surface area contributed by atoms with Gasteiger partial charge in [-0.2, -0.15) is 0 Å². The van der Waals surface area contributed by atoms with Crippen LogP contribution in [-0.4, -0.2) is 12.1 Å². The van der Waals surface area contributed by atoms with E-state index >= 15 is 0 Å². The van der Waals surface area contributed by atoms with E-state index in [9.17, 15) is 0 Å². The van der Waals surface area contributed by atoms with Gasteiger partial charge in [0, 0.05) is 16.6 Å². The molecule has 0 radical (unpaired) electrons. The fourth-order valence-corrected chi connectivity index (χ4v) is 2.29. The minimum Gasteiger partial charge on any atom is -0.496 e. The lowest BCUT2D eigenvalue weighted by Crippen LogP contribution is -2.28. The van der Waals surface area contributed by atoms with Crippen molar-refractivity contribution >= 4 is 11.3 Å². The highest BCUT2D eigenvalue weighted by Gasteiger charge is 2.17. The monoisotopic (exact) mass is 235 g/mol. The average molecular weight is 235 g/mol. The van der Waals surface area contributed by atoms with Gasteiger partial charge in [0.05, 0.1) is 18.7 Å². The van der Waals surface area contributed by atoms with Crippen molar-refractivity contribution in [2.75, 3.05) is 7.11 Å². The quantitative estimate of drug-likeness (QED) is 0.625. The molecule has 0 aliphatic rings. The molecule has 4 nitrogen and oxygen atoms in total. The summed E-state index contributed by atoms with van der Waals surface area (Å²) in [6.07, 6.45) is 1.81. The maximum absolute atomic E-state index is 5.59. The van der Waals surface area contributed by atoms with Gasteiger partial charge in [0.15, 0.2) is 0 Å². The van der Waals surface area contributed by atoms with Crippen LogP contribution < -0.4 is 16.0 Å². The third-order valence-corrected chi connectivity index (χ3v) is 3.19. The molecule has 0 aliphatic carbocycles. The minimum absolute atomic E-state index is 0.0800. The average Bonchev–Trinajstić information content (AvgIpc) is 2.84. The lowest BCUT2D eigenvalue weighted by molar-refractivity contribution is 0.404. The molecule has 84 valence electrons. The Labute approximate surface area is 98.1 Å². The predicted octanol–water partition coefficient (Wildman–Crippen LogP) is 1.70. The number of rotatable bonds is 4. The van der Waals surface area contributed by atoms with Crippen LogP contribution in [0.15, 0.2) is 36.0 Å². The molecular formula is C11H13N3OS. The van der Waals surface area contributed by atoms with E-state index in [0.29, 0.717) is 0 Å². The molecule has 1 heterocycles. The summed E-state index contributed by atoms with van der Waals surface area (Å²) >= 11 is 1.56. The first-order valence-corrected chi connectivity index (χ1v) is 5.72. The van der Waals surface area contributed by atoms with Crippen molar-refractivity contribution in [2.45, 2.75) is 6.04 Å². The van der Waals surface area contributed by atoms with E-state index in [1.54, 1.807) is 24.0 Å².